The average Bonchev–Trinajstić information content (AvgIpc) is 2.50. The summed E-state index contributed by atoms with van der Waals surface area (Å²) in [6, 6.07) is 13.7. The summed E-state index contributed by atoms with van der Waals surface area (Å²) < 4.78 is 27.2. The molecule has 1 nitrogen and oxygen atoms in total. The third kappa shape index (κ3) is 2.73. The predicted molar refractivity (Wildman–Crippen MR) is 75.6 cm³/mol. The van der Waals surface area contributed by atoms with Crippen molar-refractivity contribution >= 4 is 0 Å². The molecule has 2 aromatic rings. The van der Waals surface area contributed by atoms with Gasteiger partial charge in [-0.25, -0.2) is 8.78 Å². The van der Waals surface area contributed by atoms with E-state index in [0.29, 0.717) is 12.0 Å². The van der Waals surface area contributed by atoms with E-state index in [1.165, 1.54) is 6.07 Å². The van der Waals surface area contributed by atoms with Gasteiger partial charge in [0, 0.05) is 5.41 Å². The Morgan fingerprint density at radius 3 is 2.30 bits per heavy atom. The molecule has 106 valence electrons. The van der Waals surface area contributed by atoms with Crippen molar-refractivity contribution < 1.29 is 13.9 Å². The topological polar surface area (TPSA) is 20.2 Å². The zero-order valence-corrected chi connectivity index (χ0v) is 11.4. The van der Waals surface area contributed by atoms with Crippen LogP contribution >= 0.6 is 0 Å². The zero-order valence-electron chi connectivity index (χ0n) is 11.4. The number of hydrogen-bond donors (Lipinski definition) is 1. The SMILES string of the molecule is CCC(CO)(Cc1cccc(F)c1F)c1ccccc1. The quantitative estimate of drug-likeness (QED) is 0.879. The standard InChI is InChI=1S/C17H18F2O/c1-2-17(12-20,14-8-4-3-5-9-14)11-13-7-6-10-15(18)16(13)19/h3-10,20H,2,11-12H2,1H3. The molecular formula is C17H18F2O. The number of aliphatic hydroxyl groups is 1. The van der Waals surface area contributed by atoms with Crippen molar-refractivity contribution in [2.75, 3.05) is 6.61 Å². The molecule has 0 saturated carbocycles. The number of benzene rings is 2. The summed E-state index contributed by atoms with van der Waals surface area (Å²) in [4.78, 5) is 0. The van der Waals surface area contributed by atoms with Gasteiger partial charge in [-0.05, 0) is 30.0 Å². The number of halogens is 2. The Bertz CT molecular complexity index is 562. The van der Waals surface area contributed by atoms with E-state index >= 15 is 0 Å². The van der Waals surface area contributed by atoms with Crippen LogP contribution in [0.3, 0.4) is 0 Å². The molecule has 0 aromatic heterocycles. The summed E-state index contributed by atoms with van der Waals surface area (Å²) in [6.45, 7) is 1.84. The van der Waals surface area contributed by atoms with Gasteiger partial charge < -0.3 is 5.11 Å². The van der Waals surface area contributed by atoms with E-state index in [1.54, 1.807) is 6.07 Å². The van der Waals surface area contributed by atoms with Crippen LogP contribution in [-0.4, -0.2) is 11.7 Å². The molecule has 0 bridgehead atoms. The van der Waals surface area contributed by atoms with Gasteiger partial charge in [-0.15, -0.1) is 0 Å². The smallest absolute Gasteiger partial charge is 0.162 e. The largest absolute Gasteiger partial charge is 0.395 e. The van der Waals surface area contributed by atoms with Crippen LogP contribution in [0.2, 0.25) is 0 Å². The Hall–Kier alpha value is -1.74. The molecule has 0 saturated heterocycles. The van der Waals surface area contributed by atoms with Crippen molar-refractivity contribution in [1.29, 1.82) is 0 Å². The van der Waals surface area contributed by atoms with Gasteiger partial charge in [0.1, 0.15) is 0 Å². The van der Waals surface area contributed by atoms with Crippen LogP contribution in [0.4, 0.5) is 8.78 Å². The van der Waals surface area contributed by atoms with Crippen molar-refractivity contribution in [1.82, 2.24) is 0 Å². The van der Waals surface area contributed by atoms with Gasteiger partial charge in [0.15, 0.2) is 11.6 Å². The fraction of sp³-hybridized carbons (Fsp3) is 0.294. The maximum absolute atomic E-state index is 13.9. The van der Waals surface area contributed by atoms with Gasteiger partial charge in [-0.3, -0.25) is 0 Å². The molecule has 1 N–H and O–H groups in total. The molecule has 1 unspecified atom stereocenters. The van der Waals surface area contributed by atoms with Gasteiger partial charge in [-0.1, -0.05) is 49.4 Å². The first-order valence-corrected chi connectivity index (χ1v) is 6.72. The lowest BCUT2D eigenvalue weighted by Gasteiger charge is -2.31. The second-order valence-corrected chi connectivity index (χ2v) is 5.05. The Labute approximate surface area is 117 Å². The molecule has 0 amide bonds. The maximum Gasteiger partial charge on any atom is 0.162 e. The van der Waals surface area contributed by atoms with Crippen molar-refractivity contribution in [2.45, 2.75) is 25.2 Å². The van der Waals surface area contributed by atoms with E-state index in [0.717, 1.165) is 11.6 Å². The maximum atomic E-state index is 13.9. The summed E-state index contributed by atoms with van der Waals surface area (Å²) in [5.41, 5.74) is 0.647. The van der Waals surface area contributed by atoms with Crippen molar-refractivity contribution in [3.05, 3.63) is 71.3 Å². The van der Waals surface area contributed by atoms with E-state index < -0.39 is 17.0 Å². The molecule has 0 aliphatic carbocycles. The first kappa shape index (κ1) is 14.7. The lowest BCUT2D eigenvalue weighted by molar-refractivity contribution is 0.185. The molecule has 0 radical (unpaired) electrons. The van der Waals surface area contributed by atoms with Crippen molar-refractivity contribution in [3.8, 4) is 0 Å². The number of hydrogen-bond acceptors (Lipinski definition) is 1. The fourth-order valence-electron chi connectivity index (χ4n) is 2.53. The first-order valence-electron chi connectivity index (χ1n) is 6.72. The average molecular weight is 276 g/mol. The van der Waals surface area contributed by atoms with Crippen LogP contribution < -0.4 is 0 Å². The summed E-state index contributed by atoms with van der Waals surface area (Å²) in [6.07, 6.45) is 0.914. The second-order valence-electron chi connectivity index (χ2n) is 5.05. The normalized spacial score (nSPS) is 14.0. The van der Waals surface area contributed by atoms with Gasteiger partial charge in [0.25, 0.3) is 0 Å². The van der Waals surface area contributed by atoms with E-state index in [-0.39, 0.29) is 13.0 Å². The van der Waals surface area contributed by atoms with Gasteiger partial charge in [-0.2, -0.15) is 0 Å². The molecule has 3 heteroatoms. The highest BCUT2D eigenvalue weighted by molar-refractivity contribution is 5.30. The minimum absolute atomic E-state index is 0.108. The number of rotatable bonds is 5. The summed E-state index contributed by atoms with van der Waals surface area (Å²) in [7, 11) is 0. The minimum atomic E-state index is -0.849. The third-order valence-corrected chi connectivity index (χ3v) is 3.93. The third-order valence-electron chi connectivity index (χ3n) is 3.93. The van der Waals surface area contributed by atoms with Crippen LogP contribution in [0.15, 0.2) is 48.5 Å². The molecule has 0 aliphatic rings. The molecule has 2 aromatic carbocycles. The summed E-state index contributed by atoms with van der Waals surface area (Å²) in [5.74, 6) is -1.67. The molecule has 20 heavy (non-hydrogen) atoms. The van der Waals surface area contributed by atoms with E-state index in [4.69, 9.17) is 0 Å². The highest BCUT2D eigenvalue weighted by Gasteiger charge is 2.31. The Morgan fingerprint density at radius 2 is 1.70 bits per heavy atom. The van der Waals surface area contributed by atoms with E-state index in [1.807, 2.05) is 37.3 Å². The van der Waals surface area contributed by atoms with Crippen LogP contribution in [0.1, 0.15) is 24.5 Å². The van der Waals surface area contributed by atoms with Crippen LogP contribution in [-0.2, 0) is 11.8 Å². The lowest BCUT2D eigenvalue weighted by atomic mass is 9.74. The Kier molecular flexibility index (Phi) is 4.50. The van der Waals surface area contributed by atoms with E-state index in [9.17, 15) is 13.9 Å². The lowest BCUT2D eigenvalue weighted by Crippen LogP contribution is -2.33. The van der Waals surface area contributed by atoms with Gasteiger partial charge >= 0.3 is 0 Å². The van der Waals surface area contributed by atoms with Gasteiger partial charge in [0.05, 0.1) is 6.61 Å². The molecule has 0 spiro atoms. The molecule has 0 fully saturated rings. The predicted octanol–water partition coefficient (Wildman–Crippen LogP) is 3.85. The number of aliphatic hydroxyl groups excluding tert-OH is 1. The molecule has 0 aliphatic heterocycles. The van der Waals surface area contributed by atoms with Crippen LogP contribution in [0.25, 0.3) is 0 Å². The fourth-order valence-corrected chi connectivity index (χ4v) is 2.53. The molecule has 1 atom stereocenters. The van der Waals surface area contributed by atoms with Crippen molar-refractivity contribution in [2.24, 2.45) is 0 Å². The highest BCUT2D eigenvalue weighted by atomic mass is 19.2. The highest BCUT2D eigenvalue weighted by Crippen LogP contribution is 2.32. The second kappa shape index (κ2) is 6.14. The first-order chi connectivity index (χ1) is 9.63. The summed E-state index contributed by atoms with van der Waals surface area (Å²) in [5, 5.41) is 9.84. The van der Waals surface area contributed by atoms with Crippen LogP contribution in [0, 0.1) is 11.6 Å². The molecule has 2 rings (SSSR count). The summed E-state index contributed by atoms with van der Waals surface area (Å²) >= 11 is 0. The zero-order chi connectivity index (χ0) is 14.6. The Balaban J connectivity index is 2.42. The molecule has 0 heterocycles. The van der Waals surface area contributed by atoms with Crippen molar-refractivity contribution in [3.63, 3.8) is 0 Å². The molecular weight excluding hydrogens is 258 g/mol. The Morgan fingerprint density at radius 1 is 1.00 bits per heavy atom. The minimum Gasteiger partial charge on any atom is -0.395 e. The van der Waals surface area contributed by atoms with E-state index in [2.05, 4.69) is 0 Å². The van der Waals surface area contributed by atoms with Crippen LogP contribution in [0.5, 0.6) is 0 Å². The van der Waals surface area contributed by atoms with Gasteiger partial charge in [0.2, 0.25) is 0 Å². The monoisotopic (exact) mass is 276 g/mol.